The van der Waals surface area contributed by atoms with Crippen molar-refractivity contribution in [1.29, 1.82) is 0 Å². The fourth-order valence-corrected chi connectivity index (χ4v) is 8.42. The van der Waals surface area contributed by atoms with Crippen molar-refractivity contribution in [2.45, 2.75) is 41.1 Å². The number of hydrogen-bond acceptors (Lipinski definition) is 2. The summed E-state index contributed by atoms with van der Waals surface area (Å²) >= 11 is 6.72. The molecule has 0 amide bonds. The van der Waals surface area contributed by atoms with Crippen molar-refractivity contribution in [3.63, 3.8) is 0 Å². The molecule has 0 unspecified atom stereocenters. The molecule has 2 atom stereocenters. The predicted octanol–water partition coefficient (Wildman–Crippen LogP) is 7.91. The van der Waals surface area contributed by atoms with E-state index in [1.807, 2.05) is 21.6 Å². The standard InChI is InChI=1S/C25H25ClS2/c26-23-18-10-11-19-24(23)27-28-25(20-12-4-1-5-13-20,21-14-6-2-7-15-21)22-16-8-3-9-17-22/h1-9,12-17,23-24H,10-11,18-19H2/t23-,24-/m1/s1. The molecule has 1 aliphatic carbocycles. The van der Waals surface area contributed by atoms with Crippen LogP contribution in [0.15, 0.2) is 91.0 Å². The van der Waals surface area contributed by atoms with E-state index in [1.54, 1.807) is 0 Å². The largest absolute Gasteiger partial charge is 0.122 e. The molecule has 0 nitrogen and oxygen atoms in total. The minimum atomic E-state index is -0.261. The highest BCUT2D eigenvalue weighted by Gasteiger charge is 2.39. The number of benzene rings is 3. The lowest BCUT2D eigenvalue weighted by molar-refractivity contribution is 0.524. The minimum absolute atomic E-state index is 0.261. The molecule has 0 saturated heterocycles. The molecule has 3 aromatic carbocycles. The van der Waals surface area contributed by atoms with Crippen LogP contribution in [0.1, 0.15) is 42.4 Å². The van der Waals surface area contributed by atoms with Crippen molar-refractivity contribution >= 4 is 33.2 Å². The normalized spacial score (nSPS) is 20.0. The third-order valence-corrected chi connectivity index (χ3v) is 9.78. The molecule has 4 rings (SSSR count). The highest BCUT2D eigenvalue weighted by Crippen LogP contribution is 2.55. The van der Waals surface area contributed by atoms with Gasteiger partial charge in [-0.2, -0.15) is 0 Å². The topological polar surface area (TPSA) is 0 Å². The number of alkyl halides is 1. The zero-order valence-electron chi connectivity index (χ0n) is 15.8. The summed E-state index contributed by atoms with van der Waals surface area (Å²) in [6.07, 6.45) is 4.89. The summed E-state index contributed by atoms with van der Waals surface area (Å²) in [6.45, 7) is 0. The summed E-state index contributed by atoms with van der Waals surface area (Å²) in [4.78, 5) is 0. The molecule has 3 aromatic rings. The van der Waals surface area contributed by atoms with E-state index >= 15 is 0 Å². The van der Waals surface area contributed by atoms with Gasteiger partial charge in [0.1, 0.15) is 4.75 Å². The molecule has 0 bridgehead atoms. The Bertz CT molecular complexity index is 755. The molecule has 0 radical (unpaired) electrons. The van der Waals surface area contributed by atoms with Gasteiger partial charge in [-0.05, 0) is 29.5 Å². The molecule has 1 aliphatic rings. The third-order valence-electron chi connectivity index (χ3n) is 5.46. The van der Waals surface area contributed by atoms with Crippen LogP contribution in [0.5, 0.6) is 0 Å². The van der Waals surface area contributed by atoms with Gasteiger partial charge < -0.3 is 0 Å². The molecular weight excluding hydrogens is 400 g/mol. The molecule has 0 aliphatic heterocycles. The Balaban J connectivity index is 1.81. The van der Waals surface area contributed by atoms with Crippen LogP contribution in [0.25, 0.3) is 0 Å². The molecule has 0 heterocycles. The quantitative estimate of drug-likeness (QED) is 0.224. The van der Waals surface area contributed by atoms with Crippen LogP contribution in [0.3, 0.4) is 0 Å². The first kappa shape index (κ1) is 19.9. The first-order valence-electron chi connectivity index (χ1n) is 9.96. The molecular formula is C25H25ClS2. The second-order valence-electron chi connectivity index (χ2n) is 7.30. The van der Waals surface area contributed by atoms with Crippen molar-refractivity contribution in [3.8, 4) is 0 Å². The van der Waals surface area contributed by atoms with Crippen LogP contribution in [0.4, 0.5) is 0 Å². The summed E-state index contributed by atoms with van der Waals surface area (Å²) < 4.78 is -0.261. The summed E-state index contributed by atoms with van der Waals surface area (Å²) in [5.41, 5.74) is 3.94. The molecule has 0 N–H and O–H groups in total. The van der Waals surface area contributed by atoms with Crippen LogP contribution in [-0.2, 0) is 4.75 Å². The molecule has 1 fully saturated rings. The Kier molecular flexibility index (Phi) is 6.72. The summed E-state index contributed by atoms with van der Waals surface area (Å²) in [5, 5.41) is 0.766. The Morgan fingerprint density at radius 2 is 1.07 bits per heavy atom. The Hall–Kier alpha value is -1.35. The van der Waals surface area contributed by atoms with Gasteiger partial charge in [0.25, 0.3) is 0 Å². The fourth-order valence-electron chi connectivity index (χ4n) is 3.96. The van der Waals surface area contributed by atoms with Crippen LogP contribution in [-0.4, -0.2) is 10.6 Å². The summed E-state index contributed by atoms with van der Waals surface area (Å²) in [6, 6.07) is 32.7. The van der Waals surface area contributed by atoms with Crippen LogP contribution < -0.4 is 0 Å². The van der Waals surface area contributed by atoms with Crippen molar-refractivity contribution in [2.75, 3.05) is 0 Å². The Labute approximate surface area is 181 Å². The average molecular weight is 425 g/mol. The van der Waals surface area contributed by atoms with E-state index in [4.69, 9.17) is 11.6 Å². The Morgan fingerprint density at radius 1 is 0.643 bits per heavy atom. The smallest absolute Gasteiger partial charge is 0.101 e. The van der Waals surface area contributed by atoms with E-state index in [0.717, 1.165) is 6.42 Å². The van der Waals surface area contributed by atoms with Gasteiger partial charge in [0.2, 0.25) is 0 Å². The third kappa shape index (κ3) is 4.15. The second kappa shape index (κ2) is 9.43. The lowest BCUT2D eigenvalue weighted by Gasteiger charge is -2.37. The highest BCUT2D eigenvalue weighted by molar-refractivity contribution is 8.77. The van der Waals surface area contributed by atoms with E-state index in [2.05, 4.69) is 91.0 Å². The van der Waals surface area contributed by atoms with Crippen LogP contribution in [0, 0.1) is 0 Å². The van der Waals surface area contributed by atoms with Crippen LogP contribution >= 0.6 is 33.2 Å². The van der Waals surface area contributed by atoms with Crippen LogP contribution in [0.2, 0.25) is 0 Å². The van der Waals surface area contributed by atoms with Gasteiger partial charge in [-0.15, -0.1) is 11.6 Å². The molecule has 144 valence electrons. The summed E-state index contributed by atoms with van der Waals surface area (Å²) in [5.74, 6) is 0. The Morgan fingerprint density at radius 3 is 1.50 bits per heavy atom. The van der Waals surface area contributed by atoms with Crippen molar-refractivity contribution in [1.82, 2.24) is 0 Å². The van der Waals surface area contributed by atoms with E-state index in [1.165, 1.54) is 36.0 Å². The maximum absolute atomic E-state index is 6.72. The average Bonchev–Trinajstić information content (AvgIpc) is 2.78. The van der Waals surface area contributed by atoms with Gasteiger partial charge in [-0.3, -0.25) is 0 Å². The van der Waals surface area contributed by atoms with E-state index in [-0.39, 0.29) is 10.1 Å². The van der Waals surface area contributed by atoms with E-state index in [9.17, 15) is 0 Å². The van der Waals surface area contributed by atoms with E-state index < -0.39 is 0 Å². The second-order valence-corrected chi connectivity index (χ2v) is 10.5. The maximum atomic E-state index is 6.72. The predicted molar refractivity (Wildman–Crippen MR) is 126 cm³/mol. The van der Waals surface area contributed by atoms with Gasteiger partial charge in [0, 0.05) is 10.6 Å². The maximum Gasteiger partial charge on any atom is 0.101 e. The van der Waals surface area contributed by atoms with Crippen molar-refractivity contribution in [3.05, 3.63) is 108 Å². The lowest BCUT2D eigenvalue weighted by Crippen LogP contribution is -2.27. The lowest BCUT2D eigenvalue weighted by atomic mass is 9.84. The molecule has 28 heavy (non-hydrogen) atoms. The SMILES string of the molecule is Cl[C@@H]1CCCC[C@H]1SSC(c1ccccc1)(c1ccccc1)c1ccccc1. The van der Waals surface area contributed by atoms with E-state index in [0.29, 0.717) is 5.25 Å². The molecule has 0 aromatic heterocycles. The number of hydrogen-bond donors (Lipinski definition) is 0. The van der Waals surface area contributed by atoms with Crippen molar-refractivity contribution in [2.24, 2.45) is 0 Å². The first-order chi connectivity index (χ1) is 13.8. The first-order valence-corrected chi connectivity index (χ1v) is 12.6. The molecule has 3 heteroatoms. The molecule has 0 spiro atoms. The number of halogens is 1. The zero-order valence-corrected chi connectivity index (χ0v) is 18.2. The summed E-state index contributed by atoms with van der Waals surface area (Å²) in [7, 11) is 3.95. The monoisotopic (exact) mass is 424 g/mol. The highest BCUT2D eigenvalue weighted by atomic mass is 35.5. The van der Waals surface area contributed by atoms with Gasteiger partial charge in [-0.1, -0.05) is 125 Å². The minimum Gasteiger partial charge on any atom is -0.122 e. The fraction of sp³-hybridized carbons (Fsp3) is 0.280. The van der Waals surface area contributed by atoms with Gasteiger partial charge in [0.05, 0.1) is 0 Å². The number of rotatable bonds is 6. The van der Waals surface area contributed by atoms with Gasteiger partial charge in [-0.25, -0.2) is 0 Å². The van der Waals surface area contributed by atoms with Gasteiger partial charge >= 0.3 is 0 Å². The molecule has 1 saturated carbocycles. The van der Waals surface area contributed by atoms with Crippen molar-refractivity contribution < 1.29 is 0 Å². The zero-order chi connectivity index (χ0) is 19.2. The van der Waals surface area contributed by atoms with Gasteiger partial charge in [0.15, 0.2) is 0 Å².